The van der Waals surface area contributed by atoms with Crippen LogP contribution in [0.4, 0.5) is 13.2 Å². The van der Waals surface area contributed by atoms with Gasteiger partial charge in [-0.25, -0.2) is 4.98 Å². The molecule has 0 spiro atoms. The van der Waals surface area contributed by atoms with Crippen molar-refractivity contribution in [2.75, 3.05) is 6.61 Å². The van der Waals surface area contributed by atoms with Crippen LogP contribution in [0.15, 0.2) is 42.5 Å². The Morgan fingerprint density at radius 3 is 2.43 bits per heavy atom. The van der Waals surface area contributed by atoms with Gasteiger partial charge in [0.2, 0.25) is 5.88 Å². The molecular formula is C15H14F3N3O2. The molecule has 2 rings (SSSR count). The molecule has 23 heavy (non-hydrogen) atoms. The topological polar surface area (TPSA) is 81.2 Å². The maximum Gasteiger partial charge on any atom is 0.433 e. The van der Waals surface area contributed by atoms with Crippen molar-refractivity contribution in [2.24, 2.45) is 5.73 Å². The first kappa shape index (κ1) is 16.6. The van der Waals surface area contributed by atoms with Crippen LogP contribution in [0.25, 0.3) is 0 Å². The van der Waals surface area contributed by atoms with Crippen LogP contribution < -0.4 is 10.5 Å². The Balaban J connectivity index is 1.99. The number of halogens is 3. The first-order chi connectivity index (χ1) is 10.8. The standard InChI is InChI=1S/C15H14F3N3O2/c16-15(17,18)12-2-1-3-13(21-12)23-11-6-4-10(5-7-11)8-9-22-14(19)20/h1-7H,8-9H2,(H3,19,20). The third-order valence-electron chi connectivity index (χ3n) is 2.81. The average Bonchev–Trinajstić information content (AvgIpc) is 2.48. The van der Waals surface area contributed by atoms with Crippen LogP contribution >= 0.6 is 0 Å². The molecule has 0 bridgehead atoms. The van der Waals surface area contributed by atoms with Crippen LogP contribution in [0.3, 0.4) is 0 Å². The molecule has 0 atom stereocenters. The molecule has 8 heteroatoms. The van der Waals surface area contributed by atoms with Gasteiger partial charge in [-0.1, -0.05) is 18.2 Å². The Morgan fingerprint density at radius 1 is 1.13 bits per heavy atom. The fraction of sp³-hybridized carbons (Fsp3) is 0.200. The monoisotopic (exact) mass is 325 g/mol. The zero-order valence-electron chi connectivity index (χ0n) is 11.9. The van der Waals surface area contributed by atoms with Gasteiger partial charge in [0.05, 0.1) is 6.61 Å². The van der Waals surface area contributed by atoms with E-state index < -0.39 is 11.9 Å². The van der Waals surface area contributed by atoms with Crippen LogP contribution in [0.1, 0.15) is 11.3 Å². The van der Waals surface area contributed by atoms with E-state index in [9.17, 15) is 13.2 Å². The van der Waals surface area contributed by atoms with Gasteiger partial charge in [0.1, 0.15) is 11.4 Å². The van der Waals surface area contributed by atoms with Crippen molar-refractivity contribution in [1.82, 2.24) is 4.98 Å². The normalized spacial score (nSPS) is 11.1. The van der Waals surface area contributed by atoms with Gasteiger partial charge in [-0.2, -0.15) is 13.2 Å². The van der Waals surface area contributed by atoms with Gasteiger partial charge >= 0.3 is 6.18 Å². The van der Waals surface area contributed by atoms with Crippen LogP contribution in [0.2, 0.25) is 0 Å². The fourth-order valence-electron chi connectivity index (χ4n) is 1.75. The first-order valence-corrected chi connectivity index (χ1v) is 6.62. The first-order valence-electron chi connectivity index (χ1n) is 6.62. The van der Waals surface area contributed by atoms with Gasteiger partial charge in [0.15, 0.2) is 0 Å². The smallest absolute Gasteiger partial charge is 0.433 e. The van der Waals surface area contributed by atoms with Crippen LogP contribution in [0, 0.1) is 5.41 Å². The van der Waals surface area contributed by atoms with Crippen LogP contribution in [0.5, 0.6) is 11.6 Å². The minimum atomic E-state index is -4.51. The summed E-state index contributed by atoms with van der Waals surface area (Å²) in [4.78, 5) is 3.43. The summed E-state index contributed by atoms with van der Waals surface area (Å²) in [5, 5.41) is 6.93. The summed E-state index contributed by atoms with van der Waals surface area (Å²) in [6, 6.07) is 9.84. The molecule has 0 aliphatic carbocycles. The van der Waals surface area contributed by atoms with E-state index in [-0.39, 0.29) is 18.5 Å². The second-order valence-corrected chi connectivity index (χ2v) is 4.57. The number of nitrogens with one attached hydrogen (secondary N) is 1. The number of rotatable bonds is 5. The highest BCUT2D eigenvalue weighted by atomic mass is 19.4. The molecule has 0 unspecified atom stereocenters. The van der Waals surface area contributed by atoms with Crippen molar-refractivity contribution in [3.05, 3.63) is 53.7 Å². The summed E-state index contributed by atoms with van der Waals surface area (Å²) in [7, 11) is 0. The molecule has 1 aromatic heterocycles. The second-order valence-electron chi connectivity index (χ2n) is 4.57. The lowest BCUT2D eigenvalue weighted by Gasteiger charge is -2.09. The number of ether oxygens (including phenoxy) is 2. The lowest BCUT2D eigenvalue weighted by atomic mass is 10.1. The molecule has 0 radical (unpaired) electrons. The molecule has 1 aromatic carbocycles. The second kappa shape index (κ2) is 6.99. The average molecular weight is 325 g/mol. The van der Waals surface area contributed by atoms with E-state index in [0.29, 0.717) is 12.2 Å². The van der Waals surface area contributed by atoms with Gasteiger partial charge in [-0.15, -0.1) is 0 Å². The molecule has 0 saturated carbocycles. The van der Waals surface area contributed by atoms with Crippen molar-refractivity contribution in [1.29, 1.82) is 5.41 Å². The third-order valence-corrected chi connectivity index (χ3v) is 2.81. The molecule has 0 aliphatic rings. The Hall–Kier alpha value is -2.77. The summed E-state index contributed by atoms with van der Waals surface area (Å²) < 4.78 is 47.9. The molecule has 0 aliphatic heterocycles. The highest BCUT2D eigenvalue weighted by molar-refractivity contribution is 5.67. The van der Waals surface area contributed by atoms with E-state index in [2.05, 4.69) is 4.98 Å². The van der Waals surface area contributed by atoms with Gasteiger partial charge in [-0.05, 0) is 23.8 Å². The minimum Gasteiger partial charge on any atom is -0.465 e. The third kappa shape index (κ3) is 5.17. The minimum absolute atomic E-state index is 0.132. The summed E-state index contributed by atoms with van der Waals surface area (Å²) >= 11 is 0. The zero-order valence-corrected chi connectivity index (χ0v) is 11.9. The largest absolute Gasteiger partial charge is 0.465 e. The number of alkyl halides is 3. The van der Waals surface area contributed by atoms with Crippen LogP contribution in [-0.4, -0.2) is 17.6 Å². The Morgan fingerprint density at radius 2 is 1.83 bits per heavy atom. The quantitative estimate of drug-likeness (QED) is 0.652. The fourth-order valence-corrected chi connectivity index (χ4v) is 1.75. The molecule has 5 nitrogen and oxygen atoms in total. The molecule has 0 saturated heterocycles. The van der Waals surface area contributed by atoms with Gasteiger partial charge in [-0.3, -0.25) is 5.41 Å². The van der Waals surface area contributed by atoms with E-state index in [1.807, 2.05) is 0 Å². The highest BCUT2D eigenvalue weighted by Crippen LogP contribution is 2.29. The number of aromatic nitrogens is 1. The molecule has 2 aromatic rings. The molecule has 1 heterocycles. The Kier molecular flexibility index (Phi) is 5.05. The lowest BCUT2D eigenvalue weighted by molar-refractivity contribution is -0.141. The predicted molar refractivity (Wildman–Crippen MR) is 77.3 cm³/mol. The van der Waals surface area contributed by atoms with E-state index in [1.165, 1.54) is 12.1 Å². The predicted octanol–water partition coefficient (Wildman–Crippen LogP) is 3.35. The van der Waals surface area contributed by atoms with Crippen LogP contribution in [-0.2, 0) is 17.3 Å². The Bertz CT molecular complexity index is 672. The molecule has 0 fully saturated rings. The molecule has 122 valence electrons. The maximum atomic E-state index is 12.6. The van der Waals surface area contributed by atoms with E-state index in [1.54, 1.807) is 24.3 Å². The van der Waals surface area contributed by atoms with Crippen molar-refractivity contribution in [3.63, 3.8) is 0 Å². The molecular weight excluding hydrogens is 311 g/mol. The number of benzene rings is 1. The summed E-state index contributed by atoms with van der Waals surface area (Å²) in [5.74, 6) is 0.237. The number of pyridine rings is 1. The Labute approximate surface area is 130 Å². The van der Waals surface area contributed by atoms with Gasteiger partial charge < -0.3 is 15.2 Å². The number of nitrogens with two attached hydrogens (primary N) is 1. The zero-order chi connectivity index (χ0) is 16.9. The van der Waals surface area contributed by atoms with Crippen molar-refractivity contribution in [3.8, 4) is 11.6 Å². The number of hydrogen-bond acceptors (Lipinski definition) is 4. The van der Waals surface area contributed by atoms with Crippen molar-refractivity contribution in [2.45, 2.75) is 12.6 Å². The lowest BCUT2D eigenvalue weighted by Crippen LogP contribution is -2.15. The van der Waals surface area contributed by atoms with E-state index in [0.717, 1.165) is 11.6 Å². The van der Waals surface area contributed by atoms with Crippen molar-refractivity contribution >= 4 is 6.02 Å². The SMILES string of the molecule is N=C(N)OCCc1ccc(Oc2cccc(C(F)(F)F)n2)cc1. The van der Waals surface area contributed by atoms with E-state index >= 15 is 0 Å². The number of hydrogen-bond donors (Lipinski definition) is 2. The molecule has 3 N–H and O–H groups in total. The summed E-state index contributed by atoms with van der Waals surface area (Å²) in [6.45, 7) is 0.269. The van der Waals surface area contributed by atoms with Gasteiger partial charge in [0, 0.05) is 12.5 Å². The van der Waals surface area contributed by atoms with Crippen molar-refractivity contribution < 1.29 is 22.6 Å². The van der Waals surface area contributed by atoms with Gasteiger partial charge in [0.25, 0.3) is 6.02 Å². The number of nitrogens with zero attached hydrogens (tertiary/aromatic N) is 1. The molecule has 0 amide bonds. The van der Waals surface area contributed by atoms with E-state index in [4.69, 9.17) is 20.6 Å². The maximum absolute atomic E-state index is 12.6. The summed E-state index contributed by atoms with van der Waals surface area (Å²) in [5.41, 5.74) is 4.97. The number of amidine groups is 1. The summed E-state index contributed by atoms with van der Waals surface area (Å²) in [6.07, 6.45) is -3.97. The highest BCUT2D eigenvalue weighted by Gasteiger charge is 2.32.